The molecule has 0 aliphatic carbocycles. The molecule has 0 atom stereocenters. The smallest absolute Gasteiger partial charge is 0.246 e. The molecule has 2 rings (SSSR count). The fraction of sp³-hybridized carbons (Fsp3) is 0.357. The van der Waals surface area contributed by atoms with Gasteiger partial charge < -0.3 is 4.90 Å². The van der Waals surface area contributed by atoms with Crippen LogP contribution in [-0.4, -0.2) is 17.4 Å². The van der Waals surface area contributed by atoms with Gasteiger partial charge >= 0.3 is 0 Å². The molecule has 0 aromatic heterocycles. The van der Waals surface area contributed by atoms with E-state index < -0.39 is 0 Å². The molecule has 0 fully saturated rings. The first kappa shape index (κ1) is 10.9. The third kappa shape index (κ3) is 2.32. The number of amides is 1. The normalized spacial score (nSPS) is 14.2. The lowest BCUT2D eigenvalue weighted by Crippen LogP contribution is -2.34. The summed E-state index contributed by atoms with van der Waals surface area (Å²) < 4.78 is 0. The van der Waals surface area contributed by atoms with Crippen LogP contribution in [0, 0.1) is 0 Å². The summed E-state index contributed by atoms with van der Waals surface area (Å²) in [6.07, 6.45) is 2.69. The van der Waals surface area contributed by atoms with Crippen molar-refractivity contribution in [3.8, 4) is 0 Å². The molecule has 2 nitrogen and oxygen atoms in total. The lowest BCUT2D eigenvalue weighted by Gasteiger charge is -2.28. The fourth-order valence-electron chi connectivity index (χ4n) is 2.02. The number of rotatable bonds is 1. The molecular weight excluding hydrogens is 198 g/mol. The van der Waals surface area contributed by atoms with Crippen molar-refractivity contribution in [2.45, 2.75) is 26.8 Å². The maximum absolute atomic E-state index is 11.9. The Hall–Kier alpha value is -1.57. The summed E-state index contributed by atoms with van der Waals surface area (Å²) in [6.45, 7) is 5.49. The Bertz CT molecular complexity index is 430. The van der Waals surface area contributed by atoms with Crippen LogP contribution < -0.4 is 0 Å². The zero-order valence-electron chi connectivity index (χ0n) is 9.86. The van der Waals surface area contributed by atoms with E-state index in [-0.39, 0.29) is 5.91 Å². The van der Waals surface area contributed by atoms with Crippen molar-refractivity contribution < 1.29 is 4.79 Å². The van der Waals surface area contributed by atoms with Crippen LogP contribution in [0.1, 0.15) is 25.0 Å². The van der Waals surface area contributed by atoms with E-state index in [1.807, 2.05) is 24.8 Å². The molecule has 1 aromatic rings. The molecule has 1 aromatic carbocycles. The highest BCUT2D eigenvalue weighted by molar-refractivity contribution is 5.88. The van der Waals surface area contributed by atoms with Crippen LogP contribution in [0.4, 0.5) is 0 Å². The Balaban J connectivity index is 2.14. The van der Waals surface area contributed by atoms with Crippen LogP contribution in [0.25, 0.3) is 0 Å². The molecule has 0 N–H and O–H groups in total. The molecule has 16 heavy (non-hydrogen) atoms. The van der Waals surface area contributed by atoms with E-state index in [9.17, 15) is 4.79 Å². The molecule has 0 bridgehead atoms. The molecule has 84 valence electrons. The quantitative estimate of drug-likeness (QED) is 0.659. The van der Waals surface area contributed by atoms with Crippen LogP contribution in [0.3, 0.4) is 0 Å². The van der Waals surface area contributed by atoms with Gasteiger partial charge in [0.15, 0.2) is 0 Å². The number of fused-ring (bicyclic) bond motifs is 1. The van der Waals surface area contributed by atoms with E-state index in [2.05, 4.69) is 18.2 Å². The molecule has 1 aliphatic heterocycles. The maximum atomic E-state index is 11.9. The minimum absolute atomic E-state index is 0.134. The third-order valence-electron chi connectivity index (χ3n) is 2.85. The Morgan fingerprint density at radius 3 is 2.62 bits per heavy atom. The first-order chi connectivity index (χ1) is 7.66. The number of carbonyl (C=O) groups is 1. The highest BCUT2D eigenvalue weighted by Gasteiger charge is 2.18. The van der Waals surface area contributed by atoms with E-state index in [0.29, 0.717) is 0 Å². The first-order valence-corrected chi connectivity index (χ1v) is 5.67. The van der Waals surface area contributed by atoms with Gasteiger partial charge in [0.05, 0.1) is 0 Å². The molecule has 0 saturated heterocycles. The fourth-order valence-corrected chi connectivity index (χ4v) is 2.02. The van der Waals surface area contributed by atoms with Gasteiger partial charge in [0.2, 0.25) is 5.91 Å². The van der Waals surface area contributed by atoms with Crippen molar-refractivity contribution in [2.75, 3.05) is 6.54 Å². The summed E-state index contributed by atoms with van der Waals surface area (Å²) in [7, 11) is 0. The minimum Gasteiger partial charge on any atom is -0.334 e. The topological polar surface area (TPSA) is 20.3 Å². The predicted molar refractivity (Wildman–Crippen MR) is 65.0 cm³/mol. The van der Waals surface area contributed by atoms with Gasteiger partial charge in [0.1, 0.15) is 0 Å². The number of hydrogen-bond donors (Lipinski definition) is 0. The van der Waals surface area contributed by atoms with E-state index in [1.54, 1.807) is 6.08 Å². The van der Waals surface area contributed by atoms with Gasteiger partial charge in [-0.3, -0.25) is 4.79 Å². The summed E-state index contributed by atoms with van der Waals surface area (Å²) in [6, 6.07) is 8.36. The molecule has 0 saturated carbocycles. The monoisotopic (exact) mass is 215 g/mol. The molecule has 0 radical (unpaired) electrons. The van der Waals surface area contributed by atoms with E-state index in [1.165, 1.54) is 11.1 Å². The van der Waals surface area contributed by atoms with Crippen molar-refractivity contribution in [1.29, 1.82) is 0 Å². The predicted octanol–water partition coefficient (Wildman–Crippen LogP) is 2.54. The molecule has 0 unspecified atom stereocenters. The number of benzene rings is 1. The molecule has 1 aliphatic rings. The van der Waals surface area contributed by atoms with Gasteiger partial charge in [-0.05, 0) is 31.4 Å². The summed E-state index contributed by atoms with van der Waals surface area (Å²) in [5, 5.41) is 0. The minimum atomic E-state index is 0.134. The van der Waals surface area contributed by atoms with Gasteiger partial charge in [-0.15, -0.1) is 0 Å². The molecular formula is C14H17NO. The Morgan fingerprint density at radius 1 is 1.25 bits per heavy atom. The van der Waals surface area contributed by atoms with Crippen LogP contribution in [0.15, 0.2) is 35.9 Å². The van der Waals surface area contributed by atoms with Crippen molar-refractivity contribution in [3.05, 3.63) is 47.0 Å². The molecule has 0 spiro atoms. The van der Waals surface area contributed by atoms with Crippen LogP contribution in [0.2, 0.25) is 0 Å². The maximum Gasteiger partial charge on any atom is 0.246 e. The summed E-state index contributed by atoms with van der Waals surface area (Å²) >= 11 is 0. The zero-order valence-corrected chi connectivity index (χ0v) is 9.86. The summed E-state index contributed by atoms with van der Waals surface area (Å²) in [4.78, 5) is 13.8. The Labute approximate surface area is 96.6 Å². The second-order valence-corrected chi connectivity index (χ2v) is 4.50. The summed E-state index contributed by atoms with van der Waals surface area (Å²) in [5.74, 6) is 0.134. The van der Waals surface area contributed by atoms with Crippen LogP contribution >= 0.6 is 0 Å². The highest BCUT2D eigenvalue weighted by atomic mass is 16.2. The van der Waals surface area contributed by atoms with Gasteiger partial charge in [-0.1, -0.05) is 29.8 Å². The van der Waals surface area contributed by atoms with Crippen molar-refractivity contribution in [1.82, 2.24) is 4.90 Å². The van der Waals surface area contributed by atoms with Crippen molar-refractivity contribution in [2.24, 2.45) is 0 Å². The van der Waals surface area contributed by atoms with Gasteiger partial charge in [0, 0.05) is 19.2 Å². The number of carbonyl (C=O) groups excluding carboxylic acids is 1. The Morgan fingerprint density at radius 2 is 1.94 bits per heavy atom. The van der Waals surface area contributed by atoms with E-state index >= 15 is 0 Å². The average Bonchev–Trinajstić information content (AvgIpc) is 2.27. The highest BCUT2D eigenvalue weighted by Crippen LogP contribution is 2.18. The Kier molecular flexibility index (Phi) is 3.09. The largest absolute Gasteiger partial charge is 0.334 e. The number of nitrogens with zero attached hydrogens (tertiary/aromatic N) is 1. The summed E-state index contributed by atoms with van der Waals surface area (Å²) in [5.41, 5.74) is 3.72. The standard InChI is InChI=1S/C14H17NO/c1-11(2)9-14(16)15-8-7-12-5-3-4-6-13(12)10-15/h3-6,9H,7-8,10H2,1-2H3. The second-order valence-electron chi connectivity index (χ2n) is 4.50. The van der Waals surface area contributed by atoms with E-state index in [0.717, 1.165) is 25.1 Å². The molecule has 2 heteroatoms. The van der Waals surface area contributed by atoms with Gasteiger partial charge in [0.25, 0.3) is 0 Å². The number of allylic oxidation sites excluding steroid dienone is 1. The lowest BCUT2D eigenvalue weighted by molar-refractivity contribution is -0.126. The van der Waals surface area contributed by atoms with Crippen molar-refractivity contribution >= 4 is 5.91 Å². The molecule has 1 amide bonds. The second kappa shape index (κ2) is 4.52. The first-order valence-electron chi connectivity index (χ1n) is 5.67. The third-order valence-corrected chi connectivity index (χ3v) is 2.85. The lowest BCUT2D eigenvalue weighted by atomic mass is 10.00. The van der Waals surface area contributed by atoms with Crippen molar-refractivity contribution in [3.63, 3.8) is 0 Å². The SMILES string of the molecule is CC(C)=CC(=O)N1CCc2ccccc2C1. The molecule has 1 heterocycles. The average molecular weight is 215 g/mol. The van der Waals surface area contributed by atoms with E-state index in [4.69, 9.17) is 0 Å². The van der Waals surface area contributed by atoms with Crippen LogP contribution in [-0.2, 0) is 17.8 Å². The zero-order chi connectivity index (χ0) is 11.5. The number of hydrogen-bond acceptors (Lipinski definition) is 1. The van der Waals surface area contributed by atoms with Crippen LogP contribution in [0.5, 0.6) is 0 Å². The van der Waals surface area contributed by atoms with Gasteiger partial charge in [-0.25, -0.2) is 0 Å². The van der Waals surface area contributed by atoms with Gasteiger partial charge in [-0.2, -0.15) is 0 Å².